The van der Waals surface area contributed by atoms with Crippen molar-refractivity contribution < 1.29 is 4.74 Å². The van der Waals surface area contributed by atoms with E-state index in [-0.39, 0.29) is 0 Å². The maximum Gasteiger partial charge on any atom is 0.118 e. The molecule has 2 rings (SSSR count). The molecule has 0 saturated heterocycles. The summed E-state index contributed by atoms with van der Waals surface area (Å²) in [5, 5.41) is 0.377. The smallest absolute Gasteiger partial charge is 0.118 e. The summed E-state index contributed by atoms with van der Waals surface area (Å²) < 4.78 is 5.13. The summed E-state index contributed by atoms with van der Waals surface area (Å²) in [6.45, 7) is 0. The van der Waals surface area contributed by atoms with Gasteiger partial charge < -0.3 is 4.74 Å². The monoisotopic (exact) mass is 210 g/mol. The quantitative estimate of drug-likeness (QED) is 0.679. The van der Waals surface area contributed by atoms with Crippen molar-refractivity contribution in [3.8, 4) is 5.75 Å². The molecule has 14 heavy (non-hydrogen) atoms. The van der Waals surface area contributed by atoms with Gasteiger partial charge >= 0.3 is 0 Å². The molecule has 0 N–H and O–H groups in total. The molecule has 1 aliphatic rings. The van der Waals surface area contributed by atoms with Crippen LogP contribution in [0.5, 0.6) is 5.75 Å². The average molecular weight is 211 g/mol. The molecule has 0 spiro atoms. The fourth-order valence-corrected chi connectivity index (χ4v) is 2.45. The Labute approximate surface area is 90.0 Å². The predicted octanol–water partition coefficient (Wildman–Crippen LogP) is 3.57. The first kappa shape index (κ1) is 9.85. The van der Waals surface area contributed by atoms with Gasteiger partial charge in [-0.25, -0.2) is 0 Å². The van der Waals surface area contributed by atoms with E-state index in [1.807, 2.05) is 12.1 Å². The van der Waals surface area contributed by atoms with Gasteiger partial charge in [0.25, 0.3) is 0 Å². The second kappa shape index (κ2) is 4.22. The predicted molar refractivity (Wildman–Crippen MR) is 59.2 cm³/mol. The Hall–Kier alpha value is -0.690. The maximum atomic E-state index is 6.09. The number of alkyl halides is 1. The summed E-state index contributed by atoms with van der Waals surface area (Å²) in [6, 6.07) is 8.35. The number of hydrogen-bond donors (Lipinski definition) is 0. The molecule has 0 bridgehead atoms. The standard InChI is InChI=1S/C12H15ClO/c1-14-12-6-3-9(4-7-12)10-2-5-11(13)8-10/h3-4,6-7,10-11H,2,5,8H2,1H3. The van der Waals surface area contributed by atoms with Gasteiger partial charge in [0.2, 0.25) is 0 Å². The van der Waals surface area contributed by atoms with Crippen LogP contribution in [0.1, 0.15) is 30.7 Å². The lowest BCUT2D eigenvalue weighted by molar-refractivity contribution is 0.414. The molecule has 1 aromatic rings. The third-order valence-electron chi connectivity index (χ3n) is 2.96. The molecule has 76 valence electrons. The minimum absolute atomic E-state index is 0.377. The van der Waals surface area contributed by atoms with Crippen LogP contribution in [-0.4, -0.2) is 12.5 Å². The van der Waals surface area contributed by atoms with Crippen molar-refractivity contribution in [2.24, 2.45) is 0 Å². The van der Waals surface area contributed by atoms with Gasteiger partial charge in [-0.3, -0.25) is 0 Å². The van der Waals surface area contributed by atoms with Crippen LogP contribution >= 0.6 is 11.6 Å². The topological polar surface area (TPSA) is 9.23 Å². The van der Waals surface area contributed by atoms with Crippen LogP contribution < -0.4 is 4.74 Å². The average Bonchev–Trinajstić information content (AvgIpc) is 2.65. The Kier molecular flexibility index (Phi) is 2.97. The molecule has 0 amide bonds. The maximum absolute atomic E-state index is 6.09. The van der Waals surface area contributed by atoms with Gasteiger partial charge in [0, 0.05) is 5.38 Å². The Bertz CT molecular complexity index is 294. The number of ether oxygens (including phenoxy) is 1. The Morgan fingerprint density at radius 3 is 2.43 bits per heavy atom. The van der Waals surface area contributed by atoms with Crippen molar-refractivity contribution in [1.29, 1.82) is 0 Å². The fraction of sp³-hybridized carbons (Fsp3) is 0.500. The minimum Gasteiger partial charge on any atom is -0.497 e. The van der Waals surface area contributed by atoms with Crippen LogP contribution in [-0.2, 0) is 0 Å². The highest BCUT2D eigenvalue weighted by molar-refractivity contribution is 6.20. The van der Waals surface area contributed by atoms with Crippen molar-refractivity contribution in [2.45, 2.75) is 30.6 Å². The van der Waals surface area contributed by atoms with E-state index >= 15 is 0 Å². The highest BCUT2D eigenvalue weighted by atomic mass is 35.5. The van der Waals surface area contributed by atoms with E-state index < -0.39 is 0 Å². The molecule has 1 saturated carbocycles. The van der Waals surface area contributed by atoms with Gasteiger partial charge in [-0.05, 0) is 42.9 Å². The summed E-state index contributed by atoms with van der Waals surface area (Å²) in [5.41, 5.74) is 1.40. The first-order valence-electron chi connectivity index (χ1n) is 5.07. The van der Waals surface area contributed by atoms with Gasteiger partial charge in [-0.2, -0.15) is 0 Å². The van der Waals surface area contributed by atoms with Gasteiger partial charge in [-0.1, -0.05) is 12.1 Å². The summed E-state index contributed by atoms with van der Waals surface area (Å²) >= 11 is 6.09. The molecule has 2 heteroatoms. The van der Waals surface area contributed by atoms with E-state index in [1.54, 1.807) is 7.11 Å². The van der Waals surface area contributed by atoms with Crippen molar-refractivity contribution in [3.63, 3.8) is 0 Å². The van der Waals surface area contributed by atoms with E-state index in [1.165, 1.54) is 12.0 Å². The Morgan fingerprint density at radius 1 is 1.21 bits per heavy atom. The number of hydrogen-bond acceptors (Lipinski definition) is 1. The number of halogens is 1. The number of benzene rings is 1. The van der Waals surface area contributed by atoms with E-state index in [0.29, 0.717) is 11.3 Å². The van der Waals surface area contributed by atoms with Crippen LogP contribution in [0.25, 0.3) is 0 Å². The SMILES string of the molecule is COc1ccc(C2CCC(Cl)C2)cc1. The molecule has 0 heterocycles. The zero-order valence-electron chi connectivity index (χ0n) is 8.37. The number of rotatable bonds is 2. The molecule has 0 aromatic heterocycles. The van der Waals surface area contributed by atoms with E-state index in [9.17, 15) is 0 Å². The second-order valence-corrected chi connectivity index (χ2v) is 4.50. The Balaban J connectivity index is 2.09. The molecule has 2 atom stereocenters. The molecule has 2 unspecified atom stereocenters. The fourth-order valence-electron chi connectivity index (χ4n) is 2.11. The highest BCUT2D eigenvalue weighted by Gasteiger charge is 2.23. The largest absolute Gasteiger partial charge is 0.497 e. The zero-order valence-corrected chi connectivity index (χ0v) is 9.13. The van der Waals surface area contributed by atoms with Gasteiger partial charge in [-0.15, -0.1) is 11.6 Å². The molecular weight excluding hydrogens is 196 g/mol. The first-order chi connectivity index (χ1) is 6.79. The lowest BCUT2D eigenvalue weighted by Crippen LogP contribution is -1.94. The number of methoxy groups -OCH3 is 1. The molecule has 1 nitrogen and oxygen atoms in total. The van der Waals surface area contributed by atoms with Gasteiger partial charge in [0.15, 0.2) is 0 Å². The van der Waals surface area contributed by atoms with E-state index in [0.717, 1.165) is 18.6 Å². The van der Waals surface area contributed by atoms with Gasteiger partial charge in [0.05, 0.1) is 7.11 Å². The van der Waals surface area contributed by atoms with E-state index in [2.05, 4.69) is 12.1 Å². The van der Waals surface area contributed by atoms with Crippen molar-refractivity contribution in [1.82, 2.24) is 0 Å². The molecule has 0 radical (unpaired) electrons. The molecular formula is C12H15ClO. The molecule has 0 aliphatic heterocycles. The minimum atomic E-state index is 0.377. The van der Waals surface area contributed by atoms with E-state index in [4.69, 9.17) is 16.3 Å². The van der Waals surface area contributed by atoms with Crippen LogP contribution in [0.4, 0.5) is 0 Å². The summed E-state index contributed by atoms with van der Waals surface area (Å²) in [7, 11) is 1.69. The normalized spacial score (nSPS) is 26.4. The Morgan fingerprint density at radius 2 is 1.93 bits per heavy atom. The van der Waals surface area contributed by atoms with Crippen LogP contribution in [0.15, 0.2) is 24.3 Å². The zero-order chi connectivity index (χ0) is 9.97. The van der Waals surface area contributed by atoms with Crippen LogP contribution in [0.3, 0.4) is 0 Å². The lowest BCUT2D eigenvalue weighted by Gasteiger charge is -2.09. The summed E-state index contributed by atoms with van der Waals surface area (Å²) in [4.78, 5) is 0. The van der Waals surface area contributed by atoms with Gasteiger partial charge in [0.1, 0.15) is 5.75 Å². The summed E-state index contributed by atoms with van der Waals surface area (Å²) in [6.07, 6.45) is 3.49. The van der Waals surface area contributed by atoms with Crippen molar-refractivity contribution in [3.05, 3.63) is 29.8 Å². The molecule has 1 fully saturated rings. The van der Waals surface area contributed by atoms with Crippen LogP contribution in [0.2, 0.25) is 0 Å². The second-order valence-electron chi connectivity index (χ2n) is 3.88. The van der Waals surface area contributed by atoms with Crippen molar-refractivity contribution in [2.75, 3.05) is 7.11 Å². The third-order valence-corrected chi connectivity index (χ3v) is 3.35. The van der Waals surface area contributed by atoms with Crippen molar-refractivity contribution >= 4 is 11.6 Å². The highest BCUT2D eigenvalue weighted by Crippen LogP contribution is 2.37. The third kappa shape index (κ3) is 2.03. The first-order valence-corrected chi connectivity index (χ1v) is 5.51. The molecule has 1 aromatic carbocycles. The lowest BCUT2D eigenvalue weighted by atomic mass is 9.98. The van der Waals surface area contributed by atoms with Crippen LogP contribution in [0, 0.1) is 0 Å². The summed E-state index contributed by atoms with van der Waals surface area (Å²) in [5.74, 6) is 1.58. The molecule has 1 aliphatic carbocycles.